The van der Waals surface area contributed by atoms with Gasteiger partial charge in [0.05, 0.1) is 12.3 Å². The van der Waals surface area contributed by atoms with Crippen molar-refractivity contribution in [2.45, 2.75) is 12.6 Å². The van der Waals surface area contributed by atoms with Crippen LogP contribution in [0.3, 0.4) is 0 Å². The highest BCUT2D eigenvalue weighted by Gasteiger charge is 2.17. The van der Waals surface area contributed by atoms with Crippen molar-refractivity contribution < 1.29 is 13.9 Å². The largest absolute Gasteiger partial charge is 0.468 e. The van der Waals surface area contributed by atoms with Gasteiger partial charge in [0.2, 0.25) is 6.79 Å². The normalized spacial score (nSPS) is 13.8. The summed E-state index contributed by atoms with van der Waals surface area (Å²) in [5.41, 5.74) is 1.08. The first-order valence-corrected chi connectivity index (χ1v) is 8.14. The summed E-state index contributed by atoms with van der Waals surface area (Å²) in [5.74, 6) is 2.47. The average Bonchev–Trinajstić information content (AvgIpc) is 3.23. The summed E-state index contributed by atoms with van der Waals surface area (Å²) in [6.07, 6.45) is 1.68. The van der Waals surface area contributed by atoms with E-state index in [9.17, 15) is 0 Å². The number of furan rings is 1. The molecule has 1 atom stereocenters. The van der Waals surface area contributed by atoms with Gasteiger partial charge < -0.3 is 24.5 Å². The Kier molecular flexibility index (Phi) is 5.22. The molecule has 0 unspecified atom stereocenters. The van der Waals surface area contributed by atoms with Crippen LogP contribution in [0.25, 0.3) is 0 Å². The van der Waals surface area contributed by atoms with Gasteiger partial charge in [0, 0.05) is 13.1 Å². The minimum absolute atomic E-state index is 0.116. The maximum absolute atomic E-state index is 5.49. The summed E-state index contributed by atoms with van der Waals surface area (Å²) in [4.78, 5) is 2.09. The topological polar surface area (TPSA) is 58.9 Å². The Hall–Kier alpha value is -2.25. The molecule has 128 valence electrons. The molecule has 6 nitrogen and oxygen atoms in total. The van der Waals surface area contributed by atoms with Gasteiger partial charge in [0.15, 0.2) is 16.6 Å². The fourth-order valence-corrected chi connectivity index (χ4v) is 2.66. The highest BCUT2D eigenvalue weighted by Crippen LogP contribution is 2.32. The number of hydrogen-bond donors (Lipinski definition) is 2. The Labute approximate surface area is 146 Å². The molecule has 1 aromatic carbocycles. The summed E-state index contributed by atoms with van der Waals surface area (Å²) in [6.45, 7) is 1.56. The van der Waals surface area contributed by atoms with Crippen LogP contribution in [0.5, 0.6) is 11.5 Å². The predicted molar refractivity (Wildman–Crippen MR) is 95.1 cm³/mol. The molecule has 0 fully saturated rings. The van der Waals surface area contributed by atoms with Gasteiger partial charge in [-0.25, -0.2) is 0 Å². The molecule has 1 aliphatic rings. The van der Waals surface area contributed by atoms with Gasteiger partial charge >= 0.3 is 0 Å². The maximum Gasteiger partial charge on any atom is 0.231 e. The van der Waals surface area contributed by atoms with Gasteiger partial charge in [-0.15, -0.1) is 0 Å². The van der Waals surface area contributed by atoms with E-state index in [0.717, 1.165) is 22.8 Å². The summed E-state index contributed by atoms with van der Waals surface area (Å²) in [7, 11) is 4.02. The fourth-order valence-electron chi connectivity index (χ4n) is 2.50. The van der Waals surface area contributed by atoms with Gasteiger partial charge in [0.1, 0.15) is 5.76 Å². The van der Waals surface area contributed by atoms with Crippen LogP contribution in [0.15, 0.2) is 41.0 Å². The first-order chi connectivity index (χ1) is 11.6. The number of benzene rings is 1. The van der Waals surface area contributed by atoms with Crippen molar-refractivity contribution in [2.24, 2.45) is 0 Å². The number of thiocarbonyl (C=S) groups is 1. The van der Waals surface area contributed by atoms with E-state index in [1.54, 1.807) is 6.26 Å². The molecule has 7 heteroatoms. The quantitative estimate of drug-likeness (QED) is 0.778. The number of likely N-dealkylation sites (N-methyl/N-ethyl adjacent to an activating group) is 1. The molecular formula is C17H21N3O3S. The Balaban J connectivity index is 1.49. The van der Waals surface area contributed by atoms with Crippen molar-refractivity contribution >= 4 is 17.3 Å². The molecule has 2 N–H and O–H groups in total. The first-order valence-electron chi connectivity index (χ1n) is 7.73. The van der Waals surface area contributed by atoms with Crippen molar-refractivity contribution in [3.05, 3.63) is 47.9 Å². The van der Waals surface area contributed by atoms with Crippen LogP contribution in [-0.2, 0) is 6.54 Å². The molecule has 1 aromatic heterocycles. The number of nitrogens with one attached hydrogen (secondary N) is 2. The fraction of sp³-hybridized carbons (Fsp3) is 0.353. The summed E-state index contributed by atoms with van der Waals surface area (Å²) >= 11 is 5.36. The molecule has 0 radical (unpaired) electrons. The third-order valence-electron chi connectivity index (χ3n) is 3.84. The smallest absolute Gasteiger partial charge is 0.231 e. The minimum atomic E-state index is 0.116. The monoisotopic (exact) mass is 347 g/mol. The Morgan fingerprint density at radius 1 is 1.21 bits per heavy atom. The number of hydrogen-bond acceptors (Lipinski definition) is 5. The van der Waals surface area contributed by atoms with E-state index < -0.39 is 0 Å². The van der Waals surface area contributed by atoms with Gasteiger partial charge in [-0.3, -0.25) is 4.90 Å². The van der Waals surface area contributed by atoms with Gasteiger partial charge in [-0.1, -0.05) is 6.07 Å². The highest BCUT2D eigenvalue weighted by atomic mass is 32.1. The Bertz CT molecular complexity index is 688. The van der Waals surface area contributed by atoms with Crippen LogP contribution in [0, 0.1) is 0 Å². The van der Waals surface area contributed by atoms with E-state index in [2.05, 4.69) is 15.5 Å². The van der Waals surface area contributed by atoms with E-state index in [4.69, 9.17) is 26.1 Å². The van der Waals surface area contributed by atoms with Crippen molar-refractivity contribution in [1.82, 2.24) is 15.5 Å². The minimum Gasteiger partial charge on any atom is -0.468 e. The second kappa shape index (κ2) is 7.55. The third kappa shape index (κ3) is 3.98. The molecule has 0 amide bonds. The molecule has 0 saturated heterocycles. The van der Waals surface area contributed by atoms with E-state index >= 15 is 0 Å². The van der Waals surface area contributed by atoms with Crippen LogP contribution in [-0.4, -0.2) is 37.4 Å². The predicted octanol–water partition coefficient (Wildman–Crippen LogP) is 2.28. The number of ether oxygens (including phenoxy) is 2. The third-order valence-corrected chi connectivity index (χ3v) is 4.13. The van der Waals surface area contributed by atoms with Gasteiger partial charge in [-0.05, 0) is 56.1 Å². The number of fused-ring (bicyclic) bond motifs is 1. The van der Waals surface area contributed by atoms with Crippen LogP contribution in [0.4, 0.5) is 0 Å². The van der Waals surface area contributed by atoms with E-state index in [-0.39, 0.29) is 12.8 Å². The molecule has 2 aromatic rings. The van der Waals surface area contributed by atoms with Crippen LogP contribution in [0.2, 0.25) is 0 Å². The first kappa shape index (κ1) is 16.6. The van der Waals surface area contributed by atoms with Crippen molar-refractivity contribution in [3.63, 3.8) is 0 Å². The maximum atomic E-state index is 5.49. The molecule has 1 aliphatic heterocycles. The number of nitrogens with zero attached hydrogens (tertiary/aromatic N) is 1. The van der Waals surface area contributed by atoms with Crippen LogP contribution < -0.4 is 20.1 Å². The lowest BCUT2D eigenvalue weighted by molar-refractivity contribution is 0.174. The molecular weight excluding hydrogens is 326 g/mol. The molecule has 0 bridgehead atoms. The zero-order valence-electron chi connectivity index (χ0n) is 13.7. The van der Waals surface area contributed by atoms with Gasteiger partial charge in [0.25, 0.3) is 0 Å². The average molecular weight is 347 g/mol. The SMILES string of the molecule is CN(C)[C@H](CNC(=S)NCc1ccc2c(c1)OCO2)c1ccco1. The lowest BCUT2D eigenvalue weighted by Gasteiger charge is -2.23. The Morgan fingerprint density at radius 3 is 2.79 bits per heavy atom. The molecule has 3 rings (SSSR count). The molecule has 0 spiro atoms. The highest BCUT2D eigenvalue weighted by molar-refractivity contribution is 7.80. The van der Waals surface area contributed by atoms with E-state index in [0.29, 0.717) is 18.2 Å². The second-order valence-electron chi connectivity index (χ2n) is 5.75. The molecule has 24 heavy (non-hydrogen) atoms. The van der Waals surface area contributed by atoms with Gasteiger partial charge in [-0.2, -0.15) is 0 Å². The lowest BCUT2D eigenvalue weighted by atomic mass is 10.2. The zero-order valence-corrected chi connectivity index (χ0v) is 14.6. The van der Waals surface area contributed by atoms with Crippen molar-refractivity contribution in [2.75, 3.05) is 27.4 Å². The Morgan fingerprint density at radius 2 is 2.04 bits per heavy atom. The van der Waals surface area contributed by atoms with Crippen molar-refractivity contribution in [1.29, 1.82) is 0 Å². The molecule has 2 heterocycles. The van der Waals surface area contributed by atoms with Crippen LogP contribution >= 0.6 is 12.2 Å². The van der Waals surface area contributed by atoms with Crippen molar-refractivity contribution in [3.8, 4) is 11.5 Å². The molecule has 0 saturated carbocycles. The lowest BCUT2D eigenvalue weighted by Crippen LogP contribution is -2.39. The van der Waals surface area contributed by atoms with E-state index in [1.807, 2.05) is 44.4 Å². The standard InChI is InChI=1S/C17H21N3O3S/c1-20(2)13(14-4-3-7-21-14)10-19-17(24)18-9-12-5-6-15-16(8-12)23-11-22-15/h3-8,13H,9-11H2,1-2H3,(H2,18,19,24)/t13-/m1/s1. The van der Waals surface area contributed by atoms with E-state index in [1.165, 1.54) is 0 Å². The summed E-state index contributed by atoms with van der Waals surface area (Å²) in [6, 6.07) is 9.84. The summed E-state index contributed by atoms with van der Waals surface area (Å²) in [5, 5.41) is 7.05. The number of rotatable bonds is 6. The summed E-state index contributed by atoms with van der Waals surface area (Å²) < 4.78 is 16.2. The second-order valence-corrected chi connectivity index (χ2v) is 6.15. The zero-order chi connectivity index (χ0) is 16.9. The van der Waals surface area contributed by atoms with Crippen LogP contribution in [0.1, 0.15) is 17.4 Å². The molecule has 0 aliphatic carbocycles.